The van der Waals surface area contributed by atoms with E-state index in [-0.39, 0.29) is 53.9 Å². The Morgan fingerprint density at radius 1 is 1.04 bits per heavy atom. The smallest absolute Gasteiger partial charge is 0.282 e. The summed E-state index contributed by atoms with van der Waals surface area (Å²) in [6, 6.07) is 11.3. The minimum Gasteiger partial charge on any atom is -0.379 e. The first kappa shape index (κ1) is 33.8. The van der Waals surface area contributed by atoms with E-state index in [4.69, 9.17) is 0 Å². The van der Waals surface area contributed by atoms with Crippen molar-refractivity contribution in [2.75, 3.05) is 39.0 Å². The molecule has 4 heterocycles. The molecule has 252 valence electrons. The quantitative estimate of drug-likeness (QED) is 0.287. The van der Waals surface area contributed by atoms with Gasteiger partial charge in [0.2, 0.25) is 11.8 Å². The largest absolute Gasteiger partial charge is 0.379 e. The number of nitrogens with zero attached hydrogens (tertiary/aromatic N) is 5. The molecule has 5 amide bonds. The van der Waals surface area contributed by atoms with Crippen LogP contribution >= 0.6 is 15.9 Å². The Kier molecular flexibility index (Phi) is 9.49. The fourth-order valence-electron chi connectivity index (χ4n) is 6.50. The fraction of sp³-hybridized carbons (Fsp3) is 0.343. The molecular weight excluding hydrogens is 694 g/mol. The first-order chi connectivity index (χ1) is 23.4. The number of hydrogen-bond acceptors (Lipinski definition) is 9. The van der Waals surface area contributed by atoms with Crippen molar-refractivity contribution in [2.45, 2.75) is 37.3 Å². The summed E-state index contributed by atoms with van der Waals surface area (Å²) in [5.74, 6) is 3.66. The van der Waals surface area contributed by atoms with E-state index in [1.165, 1.54) is 21.7 Å². The highest BCUT2D eigenvalue weighted by Gasteiger charge is 2.44. The summed E-state index contributed by atoms with van der Waals surface area (Å²) in [5.41, 5.74) is 2.89. The molecule has 0 bridgehead atoms. The topological polar surface area (TPSA) is 154 Å². The van der Waals surface area contributed by atoms with Crippen LogP contribution in [0.15, 0.2) is 57.9 Å². The predicted molar refractivity (Wildman–Crippen MR) is 183 cm³/mol. The second-order valence-electron chi connectivity index (χ2n) is 12.6. The predicted octanol–water partition coefficient (Wildman–Crippen LogP) is 1.97. The van der Waals surface area contributed by atoms with E-state index < -0.39 is 29.7 Å². The summed E-state index contributed by atoms with van der Waals surface area (Å²) < 4.78 is 1.73. The van der Waals surface area contributed by atoms with E-state index in [1.54, 1.807) is 26.4 Å². The van der Waals surface area contributed by atoms with Crippen molar-refractivity contribution in [3.8, 4) is 11.8 Å². The average molecular weight is 729 g/mol. The van der Waals surface area contributed by atoms with Gasteiger partial charge in [0, 0.05) is 50.8 Å². The third kappa shape index (κ3) is 6.90. The Labute approximate surface area is 290 Å². The maximum absolute atomic E-state index is 13.2. The number of rotatable bonds is 6. The number of halogens is 1. The molecule has 2 fully saturated rings. The monoisotopic (exact) mass is 727 g/mol. The molecule has 0 aliphatic carbocycles. The normalized spacial score (nSPS) is 20.7. The van der Waals surface area contributed by atoms with Gasteiger partial charge in [0.05, 0.1) is 29.6 Å². The average Bonchev–Trinajstić information content (AvgIpc) is 3.32. The molecule has 1 unspecified atom stereocenters. The van der Waals surface area contributed by atoms with Gasteiger partial charge in [0.1, 0.15) is 10.5 Å². The highest BCUT2D eigenvalue weighted by atomic mass is 79.9. The third-order valence-corrected chi connectivity index (χ3v) is 9.80. The summed E-state index contributed by atoms with van der Waals surface area (Å²) in [6.45, 7) is 1.79. The van der Waals surface area contributed by atoms with Crippen molar-refractivity contribution in [1.29, 1.82) is 0 Å². The molecule has 3 atom stereocenters. The third-order valence-electron chi connectivity index (χ3n) is 9.04. The number of piperidine rings is 2. The molecule has 3 aliphatic heterocycles. The molecule has 14 heteroatoms. The second-order valence-corrected chi connectivity index (χ2v) is 13.4. The van der Waals surface area contributed by atoms with Crippen LogP contribution in [-0.4, -0.2) is 99.8 Å². The van der Waals surface area contributed by atoms with Crippen molar-refractivity contribution in [3.05, 3.63) is 91.3 Å². The SMILES string of the molecule is CN1C[C@H](Nc2cnn(C)c(=O)c2Br)C[C@H](c2ccc(C(=O)N(C)CC#Cc3ccc4c(c3)C(=O)N(C3CCC(=O)NC3=O)C4=O)cc2)C1. The lowest BCUT2D eigenvalue weighted by molar-refractivity contribution is -0.136. The number of anilines is 1. The van der Waals surface area contributed by atoms with Crippen molar-refractivity contribution in [1.82, 2.24) is 29.8 Å². The summed E-state index contributed by atoms with van der Waals surface area (Å²) in [5, 5.41) is 9.77. The number of fused-ring (bicyclic) bond motifs is 1. The van der Waals surface area contributed by atoms with Gasteiger partial charge in [-0.05, 0) is 77.6 Å². The molecule has 0 radical (unpaired) electrons. The Morgan fingerprint density at radius 2 is 1.78 bits per heavy atom. The molecule has 13 nitrogen and oxygen atoms in total. The number of amides is 5. The first-order valence-corrected chi connectivity index (χ1v) is 16.6. The summed E-state index contributed by atoms with van der Waals surface area (Å²) >= 11 is 3.39. The zero-order chi connectivity index (χ0) is 35.0. The molecule has 1 aromatic heterocycles. The summed E-state index contributed by atoms with van der Waals surface area (Å²) in [6.07, 6.45) is 2.61. The Hall–Kier alpha value is -5.13. The number of likely N-dealkylation sites (N-methyl/N-ethyl adjacent to an activating group) is 1. The van der Waals surface area contributed by atoms with Gasteiger partial charge in [-0.25, -0.2) is 4.68 Å². The van der Waals surface area contributed by atoms with E-state index in [2.05, 4.69) is 55.5 Å². The maximum atomic E-state index is 13.2. The maximum Gasteiger partial charge on any atom is 0.282 e. The molecule has 2 N–H and O–H groups in total. The van der Waals surface area contributed by atoms with Crippen LogP contribution < -0.4 is 16.2 Å². The zero-order valence-electron chi connectivity index (χ0n) is 27.2. The molecule has 0 spiro atoms. The summed E-state index contributed by atoms with van der Waals surface area (Å²) in [4.78, 5) is 80.0. The number of likely N-dealkylation sites (tertiary alicyclic amines) is 1. The van der Waals surface area contributed by atoms with Gasteiger partial charge in [0.25, 0.3) is 23.3 Å². The minimum atomic E-state index is -1.04. The number of aryl methyl sites for hydroxylation is 1. The zero-order valence-corrected chi connectivity index (χ0v) is 28.7. The molecular formula is C35H34BrN7O6. The highest BCUT2D eigenvalue weighted by molar-refractivity contribution is 9.10. The van der Waals surface area contributed by atoms with Crippen LogP contribution in [-0.2, 0) is 16.6 Å². The molecule has 3 aliphatic rings. The number of carbonyl (C=O) groups excluding carboxylic acids is 5. The number of benzene rings is 2. The molecule has 0 saturated carbocycles. The van der Waals surface area contributed by atoms with Crippen molar-refractivity contribution < 1.29 is 24.0 Å². The standard InChI is InChI=1S/C35H34BrN7O6/c1-40-18-23(16-24(19-40)38-27-17-37-42(3)35(49)30(27)36)21-7-9-22(10-8-21)32(46)41(2)14-4-5-20-6-11-25-26(15-20)34(48)43(33(25)47)28-12-13-29(44)39-31(28)45/h6-11,15,17,23-24,28,38H,12-14,16,18-19H2,1-3H3,(H,39,44,45)/t23-,24+,28?/m0/s1. The molecule has 3 aromatic rings. The van der Waals surface area contributed by atoms with E-state index in [0.717, 1.165) is 30.0 Å². The van der Waals surface area contributed by atoms with Gasteiger partial charge in [-0.3, -0.25) is 39.0 Å². The van der Waals surface area contributed by atoms with Crippen LogP contribution in [0, 0.1) is 11.8 Å². The van der Waals surface area contributed by atoms with Crippen LogP contribution in [0.4, 0.5) is 5.69 Å². The van der Waals surface area contributed by atoms with Gasteiger partial charge in [-0.2, -0.15) is 5.10 Å². The lowest BCUT2D eigenvalue weighted by Gasteiger charge is -2.37. The van der Waals surface area contributed by atoms with Gasteiger partial charge >= 0.3 is 0 Å². The number of imide groups is 2. The lowest BCUT2D eigenvalue weighted by atomic mass is 9.87. The van der Waals surface area contributed by atoms with E-state index in [9.17, 15) is 28.8 Å². The molecule has 2 aromatic carbocycles. The summed E-state index contributed by atoms with van der Waals surface area (Å²) in [7, 11) is 5.32. The van der Waals surface area contributed by atoms with Gasteiger partial charge in [0.15, 0.2) is 0 Å². The molecule has 6 rings (SSSR count). The van der Waals surface area contributed by atoms with Gasteiger partial charge < -0.3 is 15.1 Å². The second kappa shape index (κ2) is 13.8. The van der Waals surface area contributed by atoms with Gasteiger partial charge in [-0.15, -0.1) is 0 Å². The number of aromatic nitrogens is 2. The van der Waals surface area contributed by atoms with Crippen LogP contribution in [0.3, 0.4) is 0 Å². The first-order valence-electron chi connectivity index (χ1n) is 15.8. The number of nitrogens with one attached hydrogen (secondary N) is 2. The van der Waals surface area contributed by atoms with Crippen molar-refractivity contribution in [3.63, 3.8) is 0 Å². The Balaban J connectivity index is 1.07. The molecule has 2 saturated heterocycles. The number of hydrogen-bond donors (Lipinski definition) is 2. The number of carbonyl (C=O) groups is 5. The van der Waals surface area contributed by atoms with Crippen molar-refractivity contribution in [2.24, 2.45) is 7.05 Å². The van der Waals surface area contributed by atoms with E-state index in [0.29, 0.717) is 21.3 Å². The van der Waals surface area contributed by atoms with Crippen LogP contribution in [0.5, 0.6) is 0 Å². The van der Waals surface area contributed by atoms with Crippen LogP contribution in [0.2, 0.25) is 0 Å². The Bertz CT molecular complexity index is 2000. The van der Waals surface area contributed by atoms with E-state index >= 15 is 0 Å². The highest BCUT2D eigenvalue weighted by Crippen LogP contribution is 2.30. The minimum absolute atomic E-state index is 0.0457. The van der Waals surface area contributed by atoms with Crippen molar-refractivity contribution >= 4 is 51.2 Å². The van der Waals surface area contributed by atoms with Crippen LogP contribution in [0.1, 0.15) is 67.4 Å². The fourth-order valence-corrected chi connectivity index (χ4v) is 6.97. The van der Waals surface area contributed by atoms with Crippen LogP contribution in [0.25, 0.3) is 0 Å². The lowest BCUT2D eigenvalue weighted by Crippen LogP contribution is -2.54. The molecule has 49 heavy (non-hydrogen) atoms. The van der Waals surface area contributed by atoms with E-state index in [1.807, 2.05) is 24.3 Å². The Morgan fingerprint density at radius 3 is 2.51 bits per heavy atom. The van der Waals surface area contributed by atoms with Gasteiger partial charge in [-0.1, -0.05) is 24.0 Å².